The van der Waals surface area contributed by atoms with Crippen LogP contribution in [0.2, 0.25) is 10.0 Å². The van der Waals surface area contributed by atoms with E-state index in [1.54, 1.807) is 34.5 Å². The monoisotopic (exact) mass is 534 g/mol. The maximum Gasteiger partial charge on any atom is 0.308 e. The summed E-state index contributed by atoms with van der Waals surface area (Å²) in [6.07, 6.45) is 3.66. The van der Waals surface area contributed by atoms with Crippen LogP contribution < -0.4 is 10.2 Å². The molecule has 3 aliphatic rings. The summed E-state index contributed by atoms with van der Waals surface area (Å²) in [5.41, 5.74) is 1.58. The summed E-state index contributed by atoms with van der Waals surface area (Å²) in [7, 11) is 0. The highest BCUT2D eigenvalue weighted by Gasteiger charge is 2.55. The normalized spacial score (nSPS) is 26.9. The Morgan fingerprint density at radius 3 is 2.62 bits per heavy atom. The van der Waals surface area contributed by atoms with Gasteiger partial charge in [0.1, 0.15) is 12.4 Å². The zero-order valence-electron chi connectivity index (χ0n) is 18.0. The van der Waals surface area contributed by atoms with Crippen molar-refractivity contribution < 1.29 is 9.18 Å². The number of benzene rings is 2. The molecule has 4 unspecified atom stereocenters. The van der Waals surface area contributed by atoms with Crippen LogP contribution >= 0.6 is 46.3 Å². The highest BCUT2D eigenvalue weighted by atomic mass is 35.5. The Morgan fingerprint density at radius 1 is 1.09 bits per heavy atom. The molecule has 1 aromatic heterocycles. The minimum Gasteiger partial charge on any atom is -0.324 e. The molecular weight excluding hydrogens is 514 g/mol. The molecule has 0 saturated heterocycles. The third kappa shape index (κ3) is 3.81. The Morgan fingerprint density at radius 2 is 1.85 bits per heavy atom. The zero-order valence-corrected chi connectivity index (χ0v) is 21.1. The van der Waals surface area contributed by atoms with Crippen LogP contribution in [0.1, 0.15) is 35.6 Å². The second kappa shape index (κ2) is 8.70. The topological polar surface area (TPSA) is 51.1 Å². The molecule has 0 radical (unpaired) electrons. The smallest absolute Gasteiger partial charge is 0.308 e. The third-order valence-corrected chi connectivity index (χ3v) is 11.0. The number of thiazole rings is 1. The first kappa shape index (κ1) is 22.7. The number of rotatable bonds is 4. The molecule has 4 nitrogen and oxygen atoms in total. The molecule has 6 rings (SSSR count). The maximum absolute atomic E-state index is 13.7. The molecule has 5 atom stereocenters. The Hall–Kier alpha value is -1.80. The second-order valence-electron chi connectivity index (χ2n) is 9.32. The highest BCUT2D eigenvalue weighted by Crippen LogP contribution is 2.64. The Bertz CT molecular complexity index is 1340. The first-order chi connectivity index (χ1) is 16.4. The average molecular weight is 535 g/mol. The number of halogens is 3. The second-order valence-corrected chi connectivity index (χ2v) is 12.3. The van der Waals surface area contributed by atoms with E-state index in [-0.39, 0.29) is 29.1 Å². The molecular formula is C25H21Cl2FN2O2S2. The number of thioether (sulfide) groups is 1. The number of carbonyl (C=O) groups is 1. The van der Waals surface area contributed by atoms with Gasteiger partial charge in [-0.15, -0.1) is 11.8 Å². The summed E-state index contributed by atoms with van der Waals surface area (Å²) in [6.45, 7) is -0.0699. The summed E-state index contributed by atoms with van der Waals surface area (Å²) in [6, 6.07) is 11.6. The van der Waals surface area contributed by atoms with Crippen molar-refractivity contribution in [2.75, 3.05) is 5.32 Å². The van der Waals surface area contributed by atoms with Gasteiger partial charge in [-0.3, -0.25) is 14.2 Å². The van der Waals surface area contributed by atoms with Crippen molar-refractivity contribution in [3.8, 4) is 0 Å². The Kier molecular flexibility index (Phi) is 5.79. The van der Waals surface area contributed by atoms with E-state index in [0.717, 1.165) is 15.5 Å². The number of nitrogens with zero attached hydrogens (tertiary/aromatic N) is 1. The summed E-state index contributed by atoms with van der Waals surface area (Å²) >= 11 is 15.0. The van der Waals surface area contributed by atoms with Gasteiger partial charge in [0.05, 0.1) is 15.1 Å². The van der Waals surface area contributed by atoms with E-state index >= 15 is 0 Å². The molecule has 1 aliphatic heterocycles. The van der Waals surface area contributed by atoms with Gasteiger partial charge in [-0.2, -0.15) is 0 Å². The minimum absolute atomic E-state index is 0.0641. The molecule has 2 bridgehead atoms. The lowest BCUT2D eigenvalue weighted by Crippen LogP contribution is -2.34. The van der Waals surface area contributed by atoms with Crippen molar-refractivity contribution in [3.05, 3.63) is 78.4 Å². The molecule has 176 valence electrons. The van der Waals surface area contributed by atoms with Crippen molar-refractivity contribution in [2.45, 2.75) is 42.0 Å². The molecule has 2 aromatic carbocycles. The fourth-order valence-electron chi connectivity index (χ4n) is 6.05. The predicted molar refractivity (Wildman–Crippen MR) is 136 cm³/mol. The largest absolute Gasteiger partial charge is 0.324 e. The number of carbonyl (C=O) groups excluding carboxylic acids is 1. The molecule has 0 spiro atoms. The third-order valence-electron chi connectivity index (χ3n) is 7.42. The van der Waals surface area contributed by atoms with Gasteiger partial charge in [-0.25, -0.2) is 4.39 Å². The Labute approximate surface area is 214 Å². The lowest BCUT2D eigenvalue weighted by molar-refractivity contribution is -0.116. The van der Waals surface area contributed by atoms with Crippen LogP contribution in [0, 0.1) is 23.6 Å². The highest BCUT2D eigenvalue weighted by molar-refractivity contribution is 8.00. The van der Waals surface area contributed by atoms with Gasteiger partial charge in [-0.1, -0.05) is 46.7 Å². The maximum atomic E-state index is 13.7. The molecule has 2 aliphatic carbocycles. The van der Waals surface area contributed by atoms with Gasteiger partial charge < -0.3 is 5.32 Å². The molecule has 3 aromatic rings. The number of hydrogen-bond donors (Lipinski definition) is 1. The van der Waals surface area contributed by atoms with E-state index in [1.165, 1.54) is 42.7 Å². The first-order valence-electron chi connectivity index (χ1n) is 11.3. The summed E-state index contributed by atoms with van der Waals surface area (Å²) in [5, 5.41) is 4.88. The lowest BCUT2D eigenvalue weighted by Gasteiger charge is -2.40. The molecule has 34 heavy (non-hydrogen) atoms. The van der Waals surface area contributed by atoms with Gasteiger partial charge in [0.2, 0.25) is 5.91 Å². The van der Waals surface area contributed by atoms with Crippen LogP contribution in [-0.2, 0) is 11.3 Å². The quantitative estimate of drug-likeness (QED) is 0.407. The number of amides is 1. The fourth-order valence-corrected chi connectivity index (χ4v) is 9.50. The van der Waals surface area contributed by atoms with Gasteiger partial charge in [-0.05, 0) is 72.9 Å². The number of aromatic nitrogens is 1. The van der Waals surface area contributed by atoms with Gasteiger partial charge in [0, 0.05) is 21.7 Å². The number of nitrogens with one attached hydrogen (secondary N) is 1. The summed E-state index contributed by atoms with van der Waals surface area (Å²) in [5.74, 6) is 1.21. The van der Waals surface area contributed by atoms with E-state index in [2.05, 4.69) is 5.32 Å². The van der Waals surface area contributed by atoms with Crippen LogP contribution in [0.25, 0.3) is 0 Å². The van der Waals surface area contributed by atoms with Gasteiger partial charge >= 0.3 is 4.87 Å². The van der Waals surface area contributed by atoms with E-state index in [4.69, 9.17) is 23.2 Å². The van der Waals surface area contributed by atoms with E-state index < -0.39 is 0 Å². The van der Waals surface area contributed by atoms with Crippen LogP contribution in [0.4, 0.5) is 10.1 Å². The van der Waals surface area contributed by atoms with Crippen molar-refractivity contribution in [1.29, 1.82) is 0 Å². The van der Waals surface area contributed by atoms with Gasteiger partial charge in [0.15, 0.2) is 0 Å². The number of anilines is 1. The van der Waals surface area contributed by atoms with Gasteiger partial charge in [0.25, 0.3) is 0 Å². The lowest BCUT2D eigenvalue weighted by atomic mass is 9.75. The summed E-state index contributed by atoms with van der Waals surface area (Å²) < 4.78 is 15.3. The van der Waals surface area contributed by atoms with Crippen molar-refractivity contribution in [3.63, 3.8) is 0 Å². The molecule has 2 fully saturated rings. The van der Waals surface area contributed by atoms with Crippen LogP contribution in [0.15, 0.2) is 52.3 Å². The minimum atomic E-state index is -0.296. The molecule has 1 amide bonds. The van der Waals surface area contributed by atoms with Crippen molar-refractivity contribution >= 4 is 57.9 Å². The standard InChI is InChI=1S/C25H21Cl2FN2O2S2/c26-17-8-7-16(10-18(17)27)29-19(31)11-30-24-23(34-25(30)32)20(12-3-5-15(28)6-4-12)21-13-1-2-14(9-13)22(21)33-24/h3-8,10,13-14,20-22H,1-2,9,11H2,(H,29,31)/t13?,14?,20-,21?,22?/m1/s1. The Balaban J connectivity index is 1.35. The molecule has 2 heterocycles. The van der Waals surface area contributed by atoms with Crippen LogP contribution in [0.5, 0.6) is 0 Å². The van der Waals surface area contributed by atoms with Crippen LogP contribution in [-0.4, -0.2) is 15.7 Å². The molecule has 1 N–H and O–H groups in total. The van der Waals surface area contributed by atoms with E-state index in [9.17, 15) is 14.0 Å². The summed E-state index contributed by atoms with van der Waals surface area (Å²) in [4.78, 5) is 26.9. The number of fused-ring (bicyclic) bond motifs is 6. The SMILES string of the molecule is O=C(Cn1c2c(sc1=O)[C@H](c1ccc(F)cc1)C1C3CCC(C3)C1S2)Nc1ccc(Cl)c(Cl)c1. The van der Waals surface area contributed by atoms with Crippen molar-refractivity contribution in [1.82, 2.24) is 4.57 Å². The average Bonchev–Trinajstić information content (AvgIpc) is 3.50. The number of hydrogen-bond acceptors (Lipinski definition) is 4. The van der Waals surface area contributed by atoms with E-state index in [0.29, 0.717) is 38.7 Å². The molecule has 9 heteroatoms. The van der Waals surface area contributed by atoms with Crippen LogP contribution in [0.3, 0.4) is 0 Å². The van der Waals surface area contributed by atoms with Crippen molar-refractivity contribution in [2.24, 2.45) is 17.8 Å². The molecule has 2 saturated carbocycles. The fraction of sp³-hybridized carbons (Fsp3) is 0.360. The zero-order chi connectivity index (χ0) is 23.6. The van der Waals surface area contributed by atoms with E-state index in [1.807, 2.05) is 12.1 Å². The first-order valence-corrected chi connectivity index (χ1v) is 13.7. The predicted octanol–water partition coefficient (Wildman–Crippen LogP) is 6.65.